The van der Waals surface area contributed by atoms with Crippen LogP contribution in [0.25, 0.3) is 0 Å². The average molecular weight is 327 g/mol. The van der Waals surface area contributed by atoms with Crippen molar-refractivity contribution in [2.24, 2.45) is 17.8 Å². The number of amides is 4. The molecule has 0 spiro atoms. The van der Waals surface area contributed by atoms with Gasteiger partial charge in [0.15, 0.2) is 0 Å². The molecule has 1 heterocycles. The molecule has 3 aliphatic rings. The smallest absolute Gasteiger partial charge is 0.318 e. The number of nitrogens with zero attached hydrogens (tertiary/aromatic N) is 1. The molecule has 4 atom stereocenters. The van der Waals surface area contributed by atoms with E-state index in [0.717, 1.165) is 24.3 Å². The monoisotopic (exact) mass is 327 g/mol. The Balaban J connectivity index is 1.51. The van der Waals surface area contributed by atoms with Gasteiger partial charge in [0.1, 0.15) is 5.54 Å². The Morgan fingerprint density at radius 2 is 1.96 bits per heavy atom. The van der Waals surface area contributed by atoms with E-state index in [-0.39, 0.29) is 11.8 Å². The average Bonchev–Trinajstić information content (AvgIpc) is 3.27. The van der Waals surface area contributed by atoms with Gasteiger partial charge in [0, 0.05) is 5.92 Å². The highest BCUT2D eigenvalue weighted by atomic mass is 16.2. The lowest BCUT2D eigenvalue weighted by Gasteiger charge is -2.24. The molecule has 0 aromatic heterocycles. The van der Waals surface area contributed by atoms with Crippen LogP contribution in [0.4, 0.5) is 4.79 Å². The van der Waals surface area contributed by atoms with Gasteiger partial charge in [0.05, 0.1) is 0 Å². The molecule has 2 saturated carbocycles. The minimum Gasteiger partial charge on any atom is -0.318 e. The molecule has 24 heavy (non-hydrogen) atoms. The van der Waals surface area contributed by atoms with Gasteiger partial charge in [-0.2, -0.15) is 5.01 Å². The summed E-state index contributed by atoms with van der Waals surface area (Å²) < 4.78 is 0. The summed E-state index contributed by atoms with van der Waals surface area (Å²) in [6, 6.07) is 8.48. The summed E-state index contributed by atoms with van der Waals surface area (Å²) in [7, 11) is 0. The van der Waals surface area contributed by atoms with Crippen molar-refractivity contribution in [1.29, 1.82) is 0 Å². The van der Waals surface area contributed by atoms with Crippen molar-refractivity contribution >= 4 is 17.8 Å². The van der Waals surface area contributed by atoms with E-state index >= 15 is 0 Å². The molecule has 6 heteroatoms. The van der Waals surface area contributed by atoms with Crippen molar-refractivity contribution < 1.29 is 14.4 Å². The molecule has 0 radical (unpaired) electrons. The second kappa shape index (κ2) is 5.33. The second-order valence-corrected chi connectivity index (χ2v) is 7.32. The minimum atomic E-state index is -1.15. The Hall–Kier alpha value is -2.37. The van der Waals surface area contributed by atoms with Crippen LogP contribution >= 0.6 is 0 Å². The number of carbonyl (C=O) groups is 3. The molecule has 126 valence electrons. The van der Waals surface area contributed by atoms with Crippen LogP contribution in [-0.2, 0) is 15.1 Å². The van der Waals surface area contributed by atoms with E-state index in [1.54, 1.807) is 19.1 Å². The Labute approximate surface area is 140 Å². The highest BCUT2D eigenvalue weighted by molar-refractivity contribution is 6.08. The van der Waals surface area contributed by atoms with Crippen LogP contribution in [0.3, 0.4) is 0 Å². The van der Waals surface area contributed by atoms with Gasteiger partial charge in [-0.25, -0.2) is 4.79 Å². The van der Waals surface area contributed by atoms with Crippen molar-refractivity contribution in [1.82, 2.24) is 15.8 Å². The first kappa shape index (κ1) is 15.2. The van der Waals surface area contributed by atoms with Gasteiger partial charge >= 0.3 is 6.03 Å². The van der Waals surface area contributed by atoms with Crippen LogP contribution in [0.5, 0.6) is 0 Å². The Bertz CT molecular complexity index is 705. The zero-order valence-electron chi connectivity index (χ0n) is 13.6. The first-order valence-corrected chi connectivity index (χ1v) is 8.52. The van der Waals surface area contributed by atoms with Gasteiger partial charge in [-0.15, -0.1) is 0 Å². The number of urea groups is 1. The zero-order chi connectivity index (χ0) is 16.9. The number of hydrogen-bond donors (Lipinski definition) is 2. The van der Waals surface area contributed by atoms with E-state index in [0.29, 0.717) is 17.4 Å². The highest BCUT2D eigenvalue weighted by Crippen LogP contribution is 2.48. The topological polar surface area (TPSA) is 78.5 Å². The first-order valence-electron chi connectivity index (χ1n) is 8.52. The molecule has 6 nitrogen and oxygen atoms in total. The van der Waals surface area contributed by atoms with Crippen molar-refractivity contribution in [2.45, 2.75) is 38.1 Å². The lowest BCUT2D eigenvalue weighted by Crippen LogP contribution is -2.50. The fourth-order valence-corrected chi connectivity index (χ4v) is 4.47. The molecule has 4 amide bonds. The SMILES string of the molecule is C[C@]1(c2ccccc2)NC(=O)N(NC(=O)[C@H]2C[C@H]3CC[C@H]2C3)C1=O. The van der Waals surface area contributed by atoms with Gasteiger partial charge in [-0.05, 0) is 43.6 Å². The Morgan fingerprint density at radius 1 is 1.21 bits per heavy atom. The quantitative estimate of drug-likeness (QED) is 0.833. The number of nitrogens with one attached hydrogen (secondary N) is 2. The summed E-state index contributed by atoms with van der Waals surface area (Å²) in [6.45, 7) is 1.66. The van der Waals surface area contributed by atoms with Crippen LogP contribution in [0, 0.1) is 17.8 Å². The number of fused-ring (bicyclic) bond motifs is 2. The number of benzene rings is 1. The number of carbonyl (C=O) groups excluding carboxylic acids is 3. The second-order valence-electron chi connectivity index (χ2n) is 7.32. The number of imide groups is 1. The lowest BCUT2D eigenvalue weighted by molar-refractivity contribution is -0.141. The van der Waals surface area contributed by atoms with Crippen molar-refractivity contribution in [2.75, 3.05) is 0 Å². The predicted octanol–water partition coefficient (Wildman–Crippen LogP) is 1.92. The molecule has 3 fully saturated rings. The molecule has 2 aliphatic carbocycles. The zero-order valence-corrected chi connectivity index (χ0v) is 13.6. The van der Waals surface area contributed by atoms with E-state index in [4.69, 9.17) is 0 Å². The summed E-state index contributed by atoms with van der Waals surface area (Å²) in [4.78, 5) is 37.6. The Morgan fingerprint density at radius 3 is 2.58 bits per heavy atom. The molecule has 0 unspecified atom stereocenters. The molecule has 2 N–H and O–H groups in total. The van der Waals surface area contributed by atoms with Crippen LogP contribution in [0.1, 0.15) is 38.2 Å². The Kier molecular flexibility index (Phi) is 3.37. The van der Waals surface area contributed by atoms with E-state index < -0.39 is 17.5 Å². The maximum atomic E-state index is 12.8. The molecular formula is C18H21N3O3. The van der Waals surface area contributed by atoms with E-state index in [1.807, 2.05) is 18.2 Å². The van der Waals surface area contributed by atoms with E-state index in [1.165, 1.54) is 6.42 Å². The highest BCUT2D eigenvalue weighted by Gasteiger charge is 2.51. The number of hydrogen-bond acceptors (Lipinski definition) is 3. The van der Waals surface area contributed by atoms with Crippen molar-refractivity contribution in [3.63, 3.8) is 0 Å². The molecule has 4 rings (SSSR count). The van der Waals surface area contributed by atoms with E-state index in [2.05, 4.69) is 10.7 Å². The summed E-state index contributed by atoms with van der Waals surface area (Å²) >= 11 is 0. The van der Waals surface area contributed by atoms with Gasteiger partial charge in [-0.3, -0.25) is 15.0 Å². The molecule has 2 bridgehead atoms. The third-order valence-electron chi connectivity index (χ3n) is 5.84. The number of hydrazine groups is 1. The fraction of sp³-hybridized carbons (Fsp3) is 0.500. The summed E-state index contributed by atoms with van der Waals surface area (Å²) in [5.41, 5.74) is 2.10. The number of rotatable bonds is 3. The molecule has 1 aromatic carbocycles. The third kappa shape index (κ3) is 2.20. The molecule has 1 aliphatic heterocycles. The molecule has 1 saturated heterocycles. The third-order valence-corrected chi connectivity index (χ3v) is 5.84. The molecular weight excluding hydrogens is 306 g/mol. The van der Waals surface area contributed by atoms with Crippen molar-refractivity contribution in [3.05, 3.63) is 35.9 Å². The summed E-state index contributed by atoms with van der Waals surface area (Å²) in [6.07, 6.45) is 4.24. The maximum absolute atomic E-state index is 12.8. The van der Waals surface area contributed by atoms with Crippen LogP contribution in [0.2, 0.25) is 0 Å². The first-order chi connectivity index (χ1) is 11.5. The lowest BCUT2D eigenvalue weighted by atomic mass is 9.88. The fourth-order valence-electron chi connectivity index (χ4n) is 4.47. The molecule has 1 aromatic rings. The minimum absolute atomic E-state index is 0.0760. The largest absolute Gasteiger partial charge is 0.344 e. The van der Waals surface area contributed by atoms with Crippen LogP contribution in [0.15, 0.2) is 30.3 Å². The van der Waals surface area contributed by atoms with Crippen molar-refractivity contribution in [3.8, 4) is 0 Å². The maximum Gasteiger partial charge on any atom is 0.344 e. The van der Waals surface area contributed by atoms with Crippen LogP contribution in [-0.4, -0.2) is 22.9 Å². The van der Waals surface area contributed by atoms with Gasteiger partial charge in [-0.1, -0.05) is 36.8 Å². The van der Waals surface area contributed by atoms with E-state index in [9.17, 15) is 14.4 Å². The standard InChI is InChI=1S/C18H21N3O3/c1-18(13-5-3-2-4-6-13)16(23)21(17(24)19-18)20-15(22)14-10-11-7-8-12(14)9-11/h2-6,11-12,14H,7-10H2,1H3,(H,19,24)(H,20,22)/t11-,12-,14-,18+/m0/s1. The summed E-state index contributed by atoms with van der Waals surface area (Å²) in [5.74, 6) is 0.297. The normalized spacial score (nSPS) is 34.5. The van der Waals surface area contributed by atoms with Gasteiger partial charge in [0.2, 0.25) is 5.91 Å². The van der Waals surface area contributed by atoms with Crippen LogP contribution < -0.4 is 10.7 Å². The summed E-state index contributed by atoms with van der Waals surface area (Å²) in [5, 5.41) is 3.55. The van der Waals surface area contributed by atoms with Gasteiger partial charge in [0.25, 0.3) is 5.91 Å². The van der Waals surface area contributed by atoms with Gasteiger partial charge < -0.3 is 5.32 Å². The predicted molar refractivity (Wildman–Crippen MR) is 86.3 cm³/mol.